The molecule has 0 bridgehead atoms. The lowest BCUT2D eigenvalue weighted by Gasteiger charge is -2.10. The third kappa shape index (κ3) is 3.90. The van der Waals surface area contributed by atoms with E-state index in [1.54, 1.807) is 24.3 Å². The summed E-state index contributed by atoms with van der Waals surface area (Å²) >= 11 is 0. The summed E-state index contributed by atoms with van der Waals surface area (Å²) in [4.78, 5) is 24.2. The van der Waals surface area contributed by atoms with Gasteiger partial charge in [-0.1, -0.05) is 30.3 Å². The predicted octanol–water partition coefficient (Wildman–Crippen LogP) is 2.97. The van der Waals surface area contributed by atoms with Crippen molar-refractivity contribution in [3.63, 3.8) is 0 Å². The number of nitrogen functional groups attached to an aromatic ring is 1. The number of nitrogens with zero attached hydrogens (tertiary/aromatic N) is 1. The van der Waals surface area contributed by atoms with Crippen molar-refractivity contribution in [2.24, 2.45) is 0 Å². The maximum Gasteiger partial charge on any atom is 0.323 e. The van der Waals surface area contributed by atoms with Crippen LogP contribution in [0.15, 0.2) is 48.5 Å². The molecule has 3 rings (SSSR count). The van der Waals surface area contributed by atoms with Gasteiger partial charge < -0.3 is 21.7 Å². The van der Waals surface area contributed by atoms with Gasteiger partial charge in [0.05, 0.1) is 5.69 Å². The van der Waals surface area contributed by atoms with Crippen LogP contribution in [0.5, 0.6) is 0 Å². The number of urea groups is 1. The van der Waals surface area contributed by atoms with Crippen LogP contribution in [-0.4, -0.2) is 29.2 Å². The van der Waals surface area contributed by atoms with Crippen molar-refractivity contribution in [2.75, 3.05) is 23.4 Å². The van der Waals surface area contributed by atoms with Crippen molar-refractivity contribution in [3.8, 4) is 11.3 Å². The summed E-state index contributed by atoms with van der Waals surface area (Å²) in [6, 6.07) is 14.2. The summed E-state index contributed by atoms with van der Waals surface area (Å²) < 4.78 is 0. The quantitative estimate of drug-likeness (QED) is 0.488. The molecule has 3 aromatic rings. The molecule has 0 aliphatic carbocycles. The second-order valence-corrected chi connectivity index (χ2v) is 5.91. The first-order valence-electron chi connectivity index (χ1n) is 8.29. The van der Waals surface area contributed by atoms with Gasteiger partial charge in [0.15, 0.2) is 5.82 Å². The second kappa shape index (κ2) is 7.61. The van der Waals surface area contributed by atoms with Crippen LogP contribution in [0.2, 0.25) is 0 Å². The maximum absolute atomic E-state index is 12.2. The maximum atomic E-state index is 12.2. The summed E-state index contributed by atoms with van der Waals surface area (Å²) in [7, 11) is 1.53. The molecule has 2 aromatic carbocycles. The molecule has 1 aromatic heterocycles. The number of aryl methyl sites for hydroxylation is 1. The van der Waals surface area contributed by atoms with E-state index in [1.807, 2.05) is 31.2 Å². The molecule has 0 radical (unpaired) electrons. The number of nitrogens with two attached hydrogens (primary N) is 1. The average Bonchev–Trinajstić information content (AvgIpc) is 3.05. The van der Waals surface area contributed by atoms with Gasteiger partial charge in [-0.3, -0.25) is 9.89 Å². The van der Waals surface area contributed by atoms with Gasteiger partial charge in [0, 0.05) is 24.0 Å². The summed E-state index contributed by atoms with van der Waals surface area (Å²) in [5, 5.41) is 14.8. The van der Waals surface area contributed by atoms with Crippen LogP contribution >= 0.6 is 0 Å². The third-order valence-corrected chi connectivity index (χ3v) is 4.07. The Morgan fingerprint density at radius 1 is 1.04 bits per heavy atom. The molecule has 6 N–H and O–H groups in total. The van der Waals surface area contributed by atoms with E-state index in [2.05, 4.69) is 26.1 Å². The molecular weight excluding hydrogens is 344 g/mol. The molecule has 0 aliphatic heterocycles. The number of aromatic nitrogens is 2. The largest absolute Gasteiger partial charge is 0.382 e. The third-order valence-electron chi connectivity index (χ3n) is 4.07. The topological polar surface area (TPSA) is 125 Å². The minimum Gasteiger partial charge on any atom is -0.382 e. The zero-order chi connectivity index (χ0) is 19.4. The lowest BCUT2D eigenvalue weighted by molar-refractivity contribution is 0.0964. The molecular formula is C19H20N6O2. The van der Waals surface area contributed by atoms with Gasteiger partial charge in [0.25, 0.3) is 5.91 Å². The molecule has 0 spiro atoms. The second-order valence-electron chi connectivity index (χ2n) is 5.91. The van der Waals surface area contributed by atoms with E-state index in [0.717, 1.165) is 16.8 Å². The first-order valence-corrected chi connectivity index (χ1v) is 8.29. The molecule has 0 fully saturated rings. The van der Waals surface area contributed by atoms with Crippen LogP contribution in [0.25, 0.3) is 11.3 Å². The molecule has 138 valence electrons. The number of H-pyrrole nitrogens is 1. The van der Waals surface area contributed by atoms with Crippen molar-refractivity contribution in [2.45, 2.75) is 6.92 Å². The molecule has 0 unspecified atom stereocenters. The summed E-state index contributed by atoms with van der Waals surface area (Å²) in [6.45, 7) is 1.92. The zero-order valence-electron chi connectivity index (χ0n) is 15.0. The predicted molar refractivity (Wildman–Crippen MR) is 106 cm³/mol. The monoisotopic (exact) mass is 364 g/mol. The molecule has 3 amide bonds. The molecule has 0 atom stereocenters. The number of nitrogens with one attached hydrogen (secondary N) is 4. The molecule has 8 nitrogen and oxygen atoms in total. The van der Waals surface area contributed by atoms with Gasteiger partial charge in [0.1, 0.15) is 5.56 Å². The van der Waals surface area contributed by atoms with E-state index >= 15 is 0 Å². The Morgan fingerprint density at radius 2 is 1.74 bits per heavy atom. The van der Waals surface area contributed by atoms with E-state index < -0.39 is 0 Å². The van der Waals surface area contributed by atoms with E-state index in [1.165, 1.54) is 7.05 Å². The fourth-order valence-corrected chi connectivity index (χ4v) is 2.64. The Hall–Kier alpha value is -3.81. The fourth-order valence-electron chi connectivity index (χ4n) is 2.64. The Bertz CT molecular complexity index is 978. The number of amides is 3. The van der Waals surface area contributed by atoms with Crippen LogP contribution in [0, 0.1) is 6.92 Å². The zero-order valence-corrected chi connectivity index (χ0v) is 15.0. The minimum absolute atomic E-state index is 0.129. The average molecular weight is 364 g/mol. The van der Waals surface area contributed by atoms with Crippen LogP contribution < -0.4 is 21.7 Å². The number of carbonyl (C=O) groups excluding carboxylic acids is 2. The lowest BCUT2D eigenvalue weighted by Crippen LogP contribution is -2.20. The molecule has 27 heavy (non-hydrogen) atoms. The fraction of sp³-hybridized carbons (Fsp3) is 0.105. The summed E-state index contributed by atoms with van der Waals surface area (Å²) in [5.41, 5.74) is 9.63. The SMILES string of the molecule is CNC(=O)c1c(N)n[nH]c1-c1ccc(NC(=O)Nc2ccccc2C)cc1. The number of rotatable bonds is 4. The van der Waals surface area contributed by atoms with E-state index in [0.29, 0.717) is 11.4 Å². The standard InChI is InChI=1S/C19H20N6O2/c1-11-5-3-4-6-14(11)23-19(27)22-13-9-7-12(8-10-13)16-15(18(26)21-2)17(20)25-24-16/h3-10H,1-2H3,(H,21,26)(H3,20,24,25)(H2,22,23,27). The van der Waals surface area contributed by atoms with E-state index in [9.17, 15) is 9.59 Å². The van der Waals surface area contributed by atoms with E-state index in [-0.39, 0.29) is 23.3 Å². The highest BCUT2D eigenvalue weighted by molar-refractivity contribution is 6.04. The van der Waals surface area contributed by atoms with Gasteiger partial charge in [-0.05, 0) is 30.7 Å². The number of hydrogen-bond donors (Lipinski definition) is 5. The van der Waals surface area contributed by atoms with E-state index in [4.69, 9.17) is 5.73 Å². The van der Waals surface area contributed by atoms with Crippen LogP contribution in [0.3, 0.4) is 0 Å². The first kappa shape index (κ1) is 18.0. The van der Waals surface area contributed by atoms with Crippen molar-refractivity contribution < 1.29 is 9.59 Å². The molecule has 0 aliphatic rings. The van der Waals surface area contributed by atoms with Gasteiger partial charge >= 0.3 is 6.03 Å². The van der Waals surface area contributed by atoms with Crippen molar-refractivity contribution in [3.05, 3.63) is 59.7 Å². The summed E-state index contributed by atoms with van der Waals surface area (Å²) in [6.07, 6.45) is 0. The highest BCUT2D eigenvalue weighted by Gasteiger charge is 2.18. The Kier molecular flexibility index (Phi) is 5.07. The smallest absolute Gasteiger partial charge is 0.323 e. The van der Waals surface area contributed by atoms with Crippen LogP contribution in [0.4, 0.5) is 22.0 Å². The number of anilines is 3. The summed E-state index contributed by atoms with van der Waals surface area (Å²) in [5.74, 6) is -0.194. The Balaban J connectivity index is 1.74. The van der Waals surface area contributed by atoms with Gasteiger partial charge in [0.2, 0.25) is 0 Å². The Morgan fingerprint density at radius 3 is 2.41 bits per heavy atom. The molecule has 0 saturated heterocycles. The lowest BCUT2D eigenvalue weighted by atomic mass is 10.1. The normalized spacial score (nSPS) is 10.3. The van der Waals surface area contributed by atoms with Gasteiger partial charge in [-0.15, -0.1) is 0 Å². The van der Waals surface area contributed by atoms with Gasteiger partial charge in [-0.25, -0.2) is 4.79 Å². The highest BCUT2D eigenvalue weighted by Crippen LogP contribution is 2.26. The number of para-hydroxylation sites is 1. The molecule has 1 heterocycles. The van der Waals surface area contributed by atoms with Crippen molar-refractivity contribution in [1.82, 2.24) is 15.5 Å². The molecule has 8 heteroatoms. The number of aromatic amines is 1. The highest BCUT2D eigenvalue weighted by atomic mass is 16.2. The number of hydrogen-bond acceptors (Lipinski definition) is 4. The first-order chi connectivity index (χ1) is 13.0. The Labute approximate surface area is 156 Å². The minimum atomic E-state index is -0.339. The molecule has 0 saturated carbocycles. The van der Waals surface area contributed by atoms with Crippen molar-refractivity contribution >= 4 is 29.1 Å². The van der Waals surface area contributed by atoms with Crippen LogP contribution in [0.1, 0.15) is 15.9 Å². The van der Waals surface area contributed by atoms with Crippen molar-refractivity contribution in [1.29, 1.82) is 0 Å². The number of carbonyl (C=O) groups is 2. The van der Waals surface area contributed by atoms with Crippen LogP contribution in [-0.2, 0) is 0 Å². The number of benzene rings is 2. The van der Waals surface area contributed by atoms with Gasteiger partial charge in [-0.2, -0.15) is 5.10 Å².